The number of carbonyl (C=O) groups excluding carboxylic acids is 1. The summed E-state index contributed by atoms with van der Waals surface area (Å²) in [4.78, 5) is 11.9. The van der Waals surface area contributed by atoms with Gasteiger partial charge in [-0.3, -0.25) is 0 Å². The zero-order valence-corrected chi connectivity index (χ0v) is 11.2. The van der Waals surface area contributed by atoms with Crippen molar-refractivity contribution in [3.63, 3.8) is 0 Å². The zero-order valence-electron chi connectivity index (χ0n) is 11.2. The van der Waals surface area contributed by atoms with Crippen molar-refractivity contribution in [2.75, 3.05) is 0 Å². The Morgan fingerprint density at radius 3 is 2.30 bits per heavy atom. The molecule has 0 saturated heterocycles. The lowest BCUT2D eigenvalue weighted by Crippen LogP contribution is -2.16. The number of aliphatic hydroxyl groups is 1. The molecule has 2 aromatic carbocycles. The smallest absolute Gasteiger partial charge is 0.341 e. The van der Waals surface area contributed by atoms with Crippen LogP contribution in [0.2, 0.25) is 0 Å². The normalized spacial score (nSPS) is 11.7. The van der Waals surface area contributed by atoms with Gasteiger partial charge < -0.3 is 9.84 Å². The van der Waals surface area contributed by atoms with E-state index in [1.165, 1.54) is 0 Å². The number of benzene rings is 2. The number of para-hydroxylation sites is 1. The van der Waals surface area contributed by atoms with E-state index in [4.69, 9.17) is 4.74 Å². The lowest BCUT2D eigenvalue weighted by molar-refractivity contribution is -0.131. The number of aliphatic hydroxyl groups excluding tert-OH is 1. The van der Waals surface area contributed by atoms with Crippen molar-refractivity contribution in [2.24, 2.45) is 0 Å². The maximum Gasteiger partial charge on any atom is 0.341 e. The average molecular weight is 268 g/mol. The Bertz CT molecular complexity index is 600. The molecule has 2 aromatic rings. The molecule has 0 aliphatic heterocycles. The first kappa shape index (κ1) is 14.0. The van der Waals surface area contributed by atoms with Crippen LogP contribution in [0.25, 0.3) is 0 Å². The molecular formula is C17H16O3. The number of carbonyl (C=O) groups is 1. The Labute approximate surface area is 118 Å². The highest BCUT2D eigenvalue weighted by Gasteiger charge is 2.20. The van der Waals surface area contributed by atoms with E-state index in [1.54, 1.807) is 36.4 Å². The van der Waals surface area contributed by atoms with Crippen LogP contribution in [0.15, 0.2) is 66.7 Å². The standard InChI is InChI=1S/C17H16O3/c1-12-8-10-14(11-9-12)16(18)13(2)17(19)20-15-6-4-3-5-7-15/h3-11,16,18H,2H2,1H3. The van der Waals surface area contributed by atoms with Crippen molar-refractivity contribution in [3.05, 3.63) is 77.9 Å². The summed E-state index contributed by atoms with van der Waals surface area (Å²) in [6.07, 6.45) is -1.06. The minimum absolute atomic E-state index is 0.0118. The van der Waals surface area contributed by atoms with Gasteiger partial charge in [0.15, 0.2) is 0 Å². The highest BCUT2D eigenvalue weighted by molar-refractivity contribution is 5.90. The number of ether oxygens (including phenoxy) is 1. The summed E-state index contributed by atoms with van der Waals surface area (Å²) in [5.74, 6) is -0.209. The zero-order chi connectivity index (χ0) is 14.5. The Morgan fingerprint density at radius 1 is 1.10 bits per heavy atom. The van der Waals surface area contributed by atoms with E-state index in [-0.39, 0.29) is 5.57 Å². The quantitative estimate of drug-likeness (QED) is 0.526. The van der Waals surface area contributed by atoms with Crippen molar-refractivity contribution < 1.29 is 14.6 Å². The fourth-order valence-corrected chi connectivity index (χ4v) is 1.72. The summed E-state index contributed by atoms with van der Waals surface area (Å²) >= 11 is 0. The predicted molar refractivity (Wildman–Crippen MR) is 77.4 cm³/mol. The van der Waals surface area contributed by atoms with Gasteiger partial charge in [0, 0.05) is 0 Å². The van der Waals surface area contributed by atoms with Gasteiger partial charge >= 0.3 is 5.97 Å². The summed E-state index contributed by atoms with van der Waals surface area (Å²) in [6.45, 7) is 5.58. The average Bonchev–Trinajstić information content (AvgIpc) is 2.47. The van der Waals surface area contributed by atoms with E-state index in [1.807, 2.05) is 25.1 Å². The Kier molecular flexibility index (Phi) is 4.33. The summed E-state index contributed by atoms with van der Waals surface area (Å²) < 4.78 is 5.14. The van der Waals surface area contributed by atoms with Gasteiger partial charge in [0.25, 0.3) is 0 Å². The van der Waals surface area contributed by atoms with Crippen LogP contribution in [-0.4, -0.2) is 11.1 Å². The van der Waals surface area contributed by atoms with Gasteiger partial charge in [0.2, 0.25) is 0 Å². The van der Waals surface area contributed by atoms with Gasteiger partial charge in [-0.2, -0.15) is 0 Å². The molecule has 0 fully saturated rings. The first-order valence-electron chi connectivity index (χ1n) is 6.28. The predicted octanol–water partition coefficient (Wildman–Crippen LogP) is 3.19. The van der Waals surface area contributed by atoms with Crippen LogP contribution in [0, 0.1) is 6.92 Å². The number of aryl methyl sites for hydroxylation is 1. The van der Waals surface area contributed by atoms with Crippen molar-refractivity contribution >= 4 is 5.97 Å². The number of rotatable bonds is 4. The lowest BCUT2D eigenvalue weighted by Gasteiger charge is -2.13. The maximum atomic E-state index is 11.9. The Balaban J connectivity index is 2.06. The van der Waals surface area contributed by atoms with Crippen LogP contribution in [0.1, 0.15) is 17.2 Å². The van der Waals surface area contributed by atoms with E-state index >= 15 is 0 Å². The first-order chi connectivity index (χ1) is 9.58. The molecule has 0 heterocycles. The molecule has 1 atom stereocenters. The second-order valence-electron chi connectivity index (χ2n) is 4.54. The van der Waals surface area contributed by atoms with Crippen molar-refractivity contribution in [3.8, 4) is 5.75 Å². The molecule has 1 N–H and O–H groups in total. The fourth-order valence-electron chi connectivity index (χ4n) is 1.72. The monoisotopic (exact) mass is 268 g/mol. The summed E-state index contributed by atoms with van der Waals surface area (Å²) in [6, 6.07) is 16.0. The summed E-state index contributed by atoms with van der Waals surface area (Å²) in [5.41, 5.74) is 1.71. The summed E-state index contributed by atoms with van der Waals surface area (Å²) in [5, 5.41) is 10.1. The van der Waals surface area contributed by atoms with Crippen LogP contribution in [0.3, 0.4) is 0 Å². The molecule has 20 heavy (non-hydrogen) atoms. The molecule has 0 saturated carbocycles. The van der Waals surface area contributed by atoms with E-state index in [9.17, 15) is 9.90 Å². The van der Waals surface area contributed by atoms with Gasteiger partial charge in [-0.1, -0.05) is 54.6 Å². The number of hydrogen-bond donors (Lipinski definition) is 1. The molecule has 0 aliphatic carbocycles. The van der Waals surface area contributed by atoms with E-state index in [0.29, 0.717) is 11.3 Å². The minimum Gasteiger partial charge on any atom is -0.423 e. The molecule has 2 rings (SSSR count). The van der Waals surface area contributed by atoms with Gasteiger partial charge in [0.1, 0.15) is 11.9 Å². The number of hydrogen-bond acceptors (Lipinski definition) is 3. The van der Waals surface area contributed by atoms with Crippen molar-refractivity contribution in [1.29, 1.82) is 0 Å². The maximum absolute atomic E-state index is 11.9. The lowest BCUT2D eigenvalue weighted by atomic mass is 10.0. The molecule has 0 bridgehead atoms. The molecule has 3 nitrogen and oxygen atoms in total. The van der Waals surface area contributed by atoms with Gasteiger partial charge in [0.05, 0.1) is 5.57 Å². The Hall–Kier alpha value is -2.39. The van der Waals surface area contributed by atoms with Gasteiger partial charge in [-0.05, 0) is 24.6 Å². The topological polar surface area (TPSA) is 46.5 Å². The van der Waals surface area contributed by atoms with Crippen molar-refractivity contribution in [1.82, 2.24) is 0 Å². The molecule has 102 valence electrons. The summed E-state index contributed by atoms with van der Waals surface area (Å²) in [7, 11) is 0. The second kappa shape index (κ2) is 6.17. The van der Waals surface area contributed by atoms with Crippen LogP contribution >= 0.6 is 0 Å². The molecule has 0 amide bonds. The second-order valence-corrected chi connectivity index (χ2v) is 4.54. The van der Waals surface area contributed by atoms with Gasteiger partial charge in [-0.25, -0.2) is 4.79 Å². The third kappa shape index (κ3) is 3.33. The van der Waals surface area contributed by atoms with Crippen LogP contribution < -0.4 is 4.74 Å². The van der Waals surface area contributed by atoms with Crippen LogP contribution in [0.4, 0.5) is 0 Å². The third-order valence-corrected chi connectivity index (χ3v) is 2.94. The highest BCUT2D eigenvalue weighted by Crippen LogP contribution is 2.22. The highest BCUT2D eigenvalue weighted by atomic mass is 16.5. The molecule has 0 spiro atoms. The molecule has 0 aromatic heterocycles. The molecule has 0 aliphatic rings. The molecular weight excluding hydrogens is 252 g/mol. The molecule has 3 heteroatoms. The Morgan fingerprint density at radius 2 is 1.70 bits per heavy atom. The van der Waals surface area contributed by atoms with E-state index in [0.717, 1.165) is 5.56 Å². The minimum atomic E-state index is -1.06. The van der Waals surface area contributed by atoms with E-state index < -0.39 is 12.1 Å². The molecule has 1 unspecified atom stereocenters. The van der Waals surface area contributed by atoms with Crippen molar-refractivity contribution in [2.45, 2.75) is 13.0 Å². The van der Waals surface area contributed by atoms with Gasteiger partial charge in [-0.15, -0.1) is 0 Å². The van der Waals surface area contributed by atoms with Crippen LogP contribution in [-0.2, 0) is 4.79 Å². The van der Waals surface area contributed by atoms with Crippen LogP contribution in [0.5, 0.6) is 5.75 Å². The number of esters is 1. The fraction of sp³-hybridized carbons (Fsp3) is 0.118. The third-order valence-electron chi connectivity index (χ3n) is 2.94. The molecule has 0 radical (unpaired) electrons. The SMILES string of the molecule is C=C(C(=O)Oc1ccccc1)C(O)c1ccc(C)cc1. The first-order valence-corrected chi connectivity index (χ1v) is 6.28. The van der Waals surface area contributed by atoms with E-state index in [2.05, 4.69) is 6.58 Å². The largest absolute Gasteiger partial charge is 0.423 e.